The maximum atomic E-state index is 12.9. The highest BCUT2D eigenvalue weighted by Crippen LogP contribution is 2.27. The molecule has 0 atom stereocenters. The standard InChI is InChI=1S/C23H22N2O5/c1-30-23(29)16-9-11-24(12-10-16)20(26)17-7-8-18-19(13-17)22(28)25(21(18)27)14-15-5-3-2-4-6-15/h2-8,13,16H,9-12,14H2,1H3. The maximum absolute atomic E-state index is 12.9. The van der Waals surface area contributed by atoms with Crippen molar-refractivity contribution >= 4 is 23.7 Å². The lowest BCUT2D eigenvalue weighted by molar-refractivity contribution is -0.146. The monoisotopic (exact) mass is 406 g/mol. The van der Waals surface area contributed by atoms with Gasteiger partial charge in [-0.3, -0.25) is 24.1 Å². The number of amides is 3. The van der Waals surface area contributed by atoms with Gasteiger partial charge in [-0.1, -0.05) is 30.3 Å². The Labute approximate surface area is 174 Å². The van der Waals surface area contributed by atoms with E-state index < -0.39 is 5.91 Å². The fourth-order valence-electron chi connectivity index (χ4n) is 4.00. The summed E-state index contributed by atoms with van der Waals surface area (Å²) in [5.41, 5.74) is 1.80. The molecule has 0 unspecified atom stereocenters. The van der Waals surface area contributed by atoms with Gasteiger partial charge in [-0.25, -0.2) is 0 Å². The molecule has 0 N–H and O–H groups in total. The van der Waals surface area contributed by atoms with E-state index in [0.717, 1.165) is 5.56 Å². The van der Waals surface area contributed by atoms with Crippen LogP contribution in [-0.2, 0) is 16.1 Å². The van der Waals surface area contributed by atoms with E-state index in [1.54, 1.807) is 17.0 Å². The van der Waals surface area contributed by atoms with E-state index in [0.29, 0.717) is 37.1 Å². The van der Waals surface area contributed by atoms with E-state index in [1.807, 2.05) is 30.3 Å². The molecule has 4 rings (SSSR count). The molecule has 1 saturated heterocycles. The molecule has 2 aliphatic rings. The third-order valence-corrected chi connectivity index (χ3v) is 5.72. The van der Waals surface area contributed by atoms with E-state index in [9.17, 15) is 19.2 Å². The Balaban J connectivity index is 1.49. The minimum absolute atomic E-state index is 0.190. The van der Waals surface area contributed by atoms with Crippen molar-refractivity contribution in [3.8, 4) is 0 Å². The third-order valence-electron chi connectivity index (χ3n) is 5.72. The van der Waals surface area contributed by atoms with Crippen molar-refractivity contribution in [1.29, 1.82) is 0 Å². The van der Waals surface area contributed by atoms with Crippen molar-refractivity contribution in [3.05, 3.63) is 70.8 Å². The number of esters is 1. The number of carbonyl (C=O) groups excluding carboxylic acids is 4. The first-order valence-corrected chi connectivity index (χ1v) is 9.91. The van der Waals surface area contributed by atoms with Crippen LogP contribution in [0.4, 0.5) is 0 Å². The molecular weight excluding hydrogens is 384 g/mol. The fraction of sp³-hybridized carbons (Fsp3) is 0.304. The van der Waals surface area contributed by atoms with E-state index in [-0.39, 0.29) is 35.8 Å². The van der Waals surface area contributed by atoms with E-state index >= 15 is 0 Å². The lowest BCUT2D eigenvalue weighted by atomic mass is 9.96. The van der Waals surface area contributed by atoms with Crippen LogP contribution in [0.1, 0.15) is 49.5 Å². The highest BCUT2D eigenvalue weighted by Gasteiger charge is 2.36. The van der Waals surface area contributed by atoms with Gasteiger partial charge in [-0.05, 0) is 36.6 Å². The Bertz CT molecular complexity index is 1010. The molecule has 7 nitrogen and oxygen atoms in total. The number of imide groups is 1. The predicted molar refractivity (Wildman–Crippen MR) is 108 cm³/mol. The number of ether oxygens (including phenoxy) is 1. The molecule has 1 fully saturated rings. The van der Waals surface area contributed by atoms with Crippen LogP contribution in [0.3, 0.4) is 0 Å². The molecule has 2 aromatic carbocycles. The van der Waals surface area contributed by atoms with Gasteiger partial charge in [-0.2, -0.15) is 0 Å². The number of methoxy groups -OCH3 is 1. The molecular formula is C23H22N2O5. The second-order valence-electron chi connectivity index (χ2n) is 7.53. The molecule has 3 amide bonds. The van der Waals surface area contributed by atoms with Crippen molar-refractivity contribution in [3.63, 3.8) is 0 Å². The topological polar surface area (TPSA) is 84.0 Å². The van der Waals surface area contributed by atoms with Gasteiger partial charge in [0.2, 0.25) is 0 Å². The molecule has 0 aliphatic carbocycles. The van der Waals surface area contributed by atoms with Gasteiger partial charge in [0.25, 0.3) is 17.7 Å². The van der Waals surface area contributed by atoms with E-state index in [1.165, 1.54) is 18.1 Å². The molecule has 7 heteroatoms. The Morgan fingerprint density at radius 3 is 2.30 bits per heavy atom. The molecule has 2 heterocycles. The van der Waals surface area contributed by atoms with Gasteiger partial charge >= 0.3 is 5.97 Å². The number of hydrogen-bond donors (Lipinski definition) is 0. The largest absolute Gasteiger partial charge is 0.469 e. The number of piperidine rings is 1. The molecule has 0 radical (unpaired) electrons. The molecule has 30 heavy (non-hydrogen) atoms. The zero-order chi connectivity index (χ0) is 21.3. The van der Waals surface area contributed by atoms with Crippen LogP contribution < -0.4 is 0 Å². The summed E-state index contributed by atoms with van der Waals surface area (Å²) in [5, 5.41) is 0. The SMILES string of the molecule is COC(=O)C1CCN(C(=O)c2ccc3c(c2)C(=O)N(Cc2ccccc2)C3=O)CC1. The number of fused-ring (bicyclic) bond motifs is 1. The van der Waals surface area contributed by atoms with Crippen LogP contribution in [0.5, 0.6) is 0 Å². The summed E-state index contributed by atoms with van der Waals surface area (Å²) in [5.74, 6) is -1.38. The summed E-state index contributed by atoms with van der Waals surface area (Å²) in [6.45, 7) is 1.09. The second-order valence-corrected chi connectivity index (χ2v) is 7.53. The lowest BCUT2D eigenvalue weighted by Gasteiger charge is -2.30. The zero-order valence-electron chi connectivity index (χ0n) is 16.7. The van der Waals surface area contributed by atoms with E-state index in [4.69, 9.17) is 4.74 Å². The molecule has 0 bridgehead atoms. The number of nitrogens with zero attached hydrogens (tertiary/aromatic N) is 2. The summed E-state index contributed by atoms with van der Waals surface area (Å²) in [6.07, 6.45) is 1.09. The summed E-state index contributed by atoms with van der Waals surface area (Å²) >= 11 is 0. The van der Waals surface area contributed by atoms with Crippen molar-refractivity contribution < 1.29 is 23.9 Å². The van der Waals surface area contributed by atoms with Gasteiger partial charge < -0.3 is 9.64 Å². The molecule has 154 valence electrons. The zero-order valence-corrected chi connectivity index (χ0v) is 16.7. The first-order chi connectivity index (χ1) is 14.5. The number of likely N-dealkylation sites (tertiary alicyclic amines) is 1. The molecule has 2 aliphatic heterocycles. The van der Waals surface area contributed by atoms with Gasteiger partial charge in [0.05, 0.1) is 30.7 Å². The van der Waals surface area contributed by atoms with Crippen LogP contribution in [0.2, 0.25) is 0 Å². The number of hydrogen-bond acceptors (Lipinski definition) is 5. The van der Waals surface area contributed by atoms with Crippen molar-refractivity contribution in [2.75, 3.05) is 20.2 Å². The minimum atomic E-state index is -0.391. The average Bonchev–Trinajstić information content (AvgIpc) is 3.03. The van der Waals surface area contributed by atoms with Gasteiger partial charge in [-0.15, -0.1) is 0 Å². The Morgan fingerprint density at radius 2 is 1.63 bits per heavy atom. The number of benzene rings is 2. The predicted octanol–water partition coefficient (Wildman–Crippen LogP) is 2.51. The fourth-order valence-corrected chi connectivity index (χ4v) is 4.00. The van der Waals surface area contributed by atoms with Crippen LogP contribution in [0.25, 0.3) is 0 Å². The smallest absolute Gasteiger partial charge is 0.308 e. The maximum Gasteiger partial charge on any atom is 0.308 e. The van der Waals surface area contributed by atoms with Crippen molar-refractivity contribution in [2.45, 2.75) is 19.4 Å². The van der Waals surface area contributed by atoms with Crippen LogP contribution >= 0.6 is 0 Å². The van der Waals surface area contributed by atoms with Gasteiger partial charge in [0.15, 0.2) is 0 Å². The summed E-state index contributed by atoms with van der Waals surface area (Å²) in [7, 11) is 1.36. The first-order valence-electron chi connectivity index (χ1n) is 9.91. The lowest BCUT2D eigenvalue weighted by Crippen LogP contribution is -2.40. The normalized spacial score (nSPS) is 16.6. The van der Waals surface area contributed by atoms with Crippen molar-refractivity contribution in [2.24, 2.45) is 5.92 Å². The number of carbonyl (C=O) groups is 4. The molecule has 0 spiro atoms. The summed E-state index contributed by atoms with van der Waals surface area (Å²) < 4.78 is 4.78. The highest BCUT2D eigenvalue weighted by molar-refractivity contribution is 6.22. The average molecular weight is 406 g/mol. The van der Waals surface area contributed by atoms with Crippen LogP contribution in [-0.4, -0.2) is 53.7 Å². The van der Waals surface area contributed by atoms with Crippen molar-refractivity contribution in [1.82, 2.24) is 9.80 Å². The first kappa shape index (κ1) is 19.8. The Hall–Kier alpha value is -3.48. The van der Waals surface area contributed by atoms with Crippen LogP contribution in [0, 0.1) is 5.92 Å². The van der Waals surface area contributed by atoms with E-state index in [2.05, 4.69) is 0 Å². The van der Waals surface area contributed by atoms with Crippen LogP contribution in [0.15, 0.2) is 48.5 Å². The second kappa shape index (κ2) is 8.10. The molecule has 0 saturated carbocycles. The summed E-state index contributed by atoms with van der Waals surface area (Å²) in [4.78, 5) is 53.0. The highest BCUT2D eigenvalue weighted by atomic mass is 16.5. The summed E-state index contributed by atoms with van der Waals surface area (Å²) in [6, 6.07) is 13.9. The number of rotatable bonds is 4. The Morgan fingerprint density at radius 1 is 0.967 bits per heavy atom. The van der Waals surface area contributed by atoms with Gasteiger partial charge in [0, 0.05) is 18.7 Å². The quantitative estimate of drug-likeness (QED) is 0.575. The minimum Gasteiger partial charge on any atom is -0.469 e. The third kappa shape index (κ3) is 3.58. The molecule has 2 aromatic rings. The van der Waals surface area contributed by atoms with Gasteiger partial charge in [0.1, 0.15) is 0 Å². The molecule has 0 aromatic heterocycles. The Kier molecular flexibility index (Phi) is 5.35.